The number of aliphatic carboxylic acids is 1. The van der Waals surface area contributed by atoms with Crippen LogP contribution in [0.25, 0.3) is 0 Å². The second-order valence-corrected chi connectivity index (χ2v) is 6.05. The third kappa shape index (κ3) is 5.84. The summed E-state index contributed by atoms with van der Waals surface area (Å²) in [6, 6.07) is 9.38. The summed E-state index contributed by atoms with van der Waals surface area (Å²) in [5.41, 5.74) is 0.880. The fourth-order valence-corrected chi connectivity index (χ4v) is 2.75. The van der Waals surface area contributed by atoms with Crippen LogP contribution in [0.1, 0.15) is 18.4 Å². The molecule has 9 heteroatoms. The van der Waals surface area contributed by atoms with E-state index in [-0.39, 0.29) is 31.2 Å². The highest BCUT2D eigenvalue weighted by Gasteiger charge is 2.32. The van der Waals surface area contributed by atoms with Crippen molar-refractivity contribution in [3.05, 3.63) is 35.9 Å². The van der Waals surface area contributed by atoms with Crippen molar-refractivity contribution in [1.82, 2.24) is 10.6 Å². The summed E-state index contributed by atoms with van der Waals surface area (Å²) in [7, 11) is 0. The van der Waals surface area contributed by atoms with Crippen molar-refractivity contribution in [2.75, 3.05) is 6.54 Å². The van der Waals surface area contributed by atoms with Crippen molar-refractivity contribution in [2.45, 2.75) is 18.1 Å². The van der Waals surface area contributed by atoms with E-state index < -0.39 is 11.2 Å². The molecule has 1 aliphatic heterocycles. The smallest absolute Gasteiger partial charge is 0.305 e. The minimum Gasteiger partial charge on any atom is -0.481 e. The van der Waals surface area contributed by atoms with Gasteiger partial charge in [0.1, 0.15) is 5.25 Å². The summed E-state index contributed by atoms with van der Waals surface area (Å²) in [5.74, 6) is -1.69. The lowest BCUT2D eigenvalue weighted by Crippen LogP contribution is -2.32. The summed E-state index contributed by atoms with van der Waals surface area (Å²) in [5, 5.41) is 21.1. The molecule has 1 aromatic rings. The molecule has 0 bridgehead atoms. The number of nitrogens with zero attached hydrogens (tertiary/aromatic N) is 2. The van der Waals surface area contributed by atoms with Gasteiger partial charge in [-0.25, -0.2) is 0 Å². The van der Waals surface area contributed by atoms with Crippen molar-refractivity contribution in [3.8, 4) is 0 Å². The van der Waals surface area contributed by atoms with E-state index in [1.165, 1.54) is 0 Å². The lowest BCUT2D eigenvalue weighted by Gasteiger charge is -2.05. The van der Waals surface area contributed by atoms with E-state index in [9.17, 15) is 14.4 Å². The van der Waals surface area contributed by atoms with Crippen LogP contribution in [0.2, 0.25) is 0 Å². The molecular weight excluding hydrogens is 332 g/mol. The van der Waals surface area contributed by atoms with Crippen molar-refractivity contribution >= 4 is 40.9 Å². The molecule has 1 unspecified atom stereocenters. The molecule has 0 radical (unpaired) electrons. The maximum absolute atomic E-state index is 11.8. The van der Waals surface area contributed by atoms with Gasteiger partial charge < -0.3 is 15.7 Å². The standard InChI is InChI=1S/C15H16N4O4S/c20-12(16-7-6-13(21)22)8-11-14(23)18-15(24-11)19-17-9-10-4-2-1-3-5-10/h1-5,9,11H,6-8H2,(H,16,20)(H,21,22)(H,18,19,23). The van der Waals surface area contributed by atoms with Gasteiger partial charge in [-0.1, -0.05) is 42.1 Å². The molecule has 1 aromatic carbocycles. The van der Waals surface area contributed by atoms with E-state index in [4.69, 9.17) is 5.11 Å². The first-order chi connectivity index (χ1) is 11.5. The zero-order chi connectivity index (χ0) is 17.4. The minimum absolute atomic E-state index is 0.0372. The van der Waals surface area contributed by atoms with Gasteiger partial charge in [-0.2, -0.15) is 5.10 Å². The van der Waals surface area contributed by atoms with Crippen molar-refractivity contribution in [2.24, 2.45) is 10.2 Å². The Morgan fingerprint density at radius 2 is 2.08 bits per heavy atom. The number of carbonyl (C=O) groups is 3. The highest BCUT2D eigenvalue weighted by atomic mass is 32.2. The second-order valence-electron chi connectivity index (χ2n) is 4.85. The normalized spacial score (nSPS) is 18.8. The predicted octanol–water partition coefficient (Wildman–Crippen LogP) is 0.589. The van der Waals surface area contributed by atoms with Crippen LogP contribution in [0, 0.1) is 0 Å². The number of benzene rings is 1. The predicted molar refractivity (Wildman–Crippen MR) is 90.9 cm³/mol. The number of carboxylic acids is 1. The second kappa shape index (κ2) is 8.82. The van der Waals surface area contributed by atoms with E-state index in [0.717, 1.165) is 17.3 Å². The number of hydrogen-bond acceptors (Lipinski definition) is 6. The largest absolute Gasteiger partial charge is 0.481 e. The maximum atomic E-state index is 11.8. The highest BCUT2D eigenvalue weighted by Crippen LogP contribution is 2.22. The average molecular weight is 348 g/mol. The minimum atomic E-state index is -0.992. The number of thioether (sulfide) groups is 1. The molecule has 1 fully saturated rings. The molecule has 2 rings (SSSR count). The van der Waals surface area contributed by atoms with Gasteiger partial charge in [0, 0.05) is 13.0 Å². The number of carboxylic acid groups (broad SMARTS) is 1. The fraction of sp³-hybridized carbons (Fsp3) is 0.267. The fourth-order valence-electron chi connectivity index (χ4n) is 1.82. The molecule has 126 valence electrons. The first-order valence-corrected chi connectivity index (χ1v) is 8.04. The molecule has 1 saturated heterocycles. The number of rotatable bonds is 7. The zero-order valence-corrected chi connectivity index (χ0v) is 13.5. The molecule has 1 atom stereocenters. The summed E-state index contributed by atoms with van der Waals surface area (Å²) in [6.45, 7) is 0.0372. The van der Waals surface area contributed by atoms with Crippen LogP contribution in [-0.4, -0.2) is 46.1 Å². The Morgan fingerprint density at radius 3 is 2.79 bits per heavy atom. The van der Waals surface area contributed by atoms with Crippen molar-refractivity contribution in [3.63, 3.8) is 0 Å². The van der Waals surface area contributed by atoms with Crippen molar-refractivity contribution in [1.29, 1.82) is 0 Å². The van der Waals surface area contributed by atoms with Crippen LogP contribution in [0.4, 0.5) is 0 Å². The van der Waals surface area contributed by atoms with Gasteiger partial charge in [0.25, 0.3) is 0 Å². The molecule has 2 amide bonds. The summed E-state index contributed by atoms with van der Waals surface area (Å²) in [6.07, 6.45) is 1.36. The SMILES string of the molecule is O=C(O)CCNC(=O)CC1S/C(=N/N=Cc2ccccc2)NC1=O. The first-order valence-electron chi connectivity index (χ1n) is 7.16. The van der Waals surface area contributed by atoms with Gasteiger partial charge in [-0.05, 0) is 5.56 Å². The Balaban J connectivity index is 1.82. The Hall–Kier alpha value is -2.68. The van der Waals surface area contributed by atoms with Gasteiger partial charge in [0.05, 0.1) is 12.6 Å². The van der Waals surface area contributed by atoms with E-state index in [0.29, 0.717) is 5.17 Å². The Bertz CT molecular complexity index is 675. The van der Waals surface area contributed by atoms with Crippen LogP contribution in [-0.2, 0) is 14.4 Å². The average Bonchev–Trinajstić information content (AvgIpc) is 2.88. The molecule has 8 nitrogen and oxygen atoms in total. The number of amidine groups is 1. The zero-order valence-electron chi connectivity index (χ0n) is 12.6. The first kappa shape index (κ1) is 17.7. The van der Waals surface area contributed by atoms with Crippen molar-refractivity contribution < 1.29 is 19.5 Å². The summed E-state index contributed by atoms with van der Waals surface area (Å²) >= 11 is 1.12. The van der Waals surface area contributed by atoms with Gasteiger partial charge >= 0.3 is 5.97 Å². The van der Waals surface area contributed by atoms with E-state index >= 15 is 0 Å². The lowest BCUT2D eigenvalue weighted by molar-refractivity contribution is -0.137. The van der Waals surface area contributed by atoms with Crippen LogP contribution < -0.4 is 10.6 Å². The molecule has 1 heterocycles. The van der Waals surface area contributed by atoms with Crippen LogP contribution in [0.15, 0.2) is 40.5 Å². The molecule has 0 aliphatic carbocycles. The molecule has 0 spiro atoms. The highest BCUT2D eigenvalue weighted by molar-refractivity contribution is 8.15. The van der Waals surface area contributed by atoms with E-state index in [2.05, 4.69) is 20.8 Å². The quantitative estimate of drug-likeness (QED) is 0.492. The van der Waals surface area contributed by atoms with E-state index in [1.54, 1.807) is 6.21 Å². The number of nitrogens with one attached hydrogen (secondary N) is 2. The van der Waals surface area contributed by atoms with Crippen LogP contribution in [0.3, 0.4) is 0 Å². The van der Waals surface area contributed by atoms with Gasteiger partial charge in [0.15, 0.2) is 5.17 Å². The monoisotopic (exact) mass is 348 g/mol. The van der Waals surface area contributed by atoms with Gasteiger partial charge in [0.2, 0.25) is 11.8 Å². The van der Waals surface area contributed by atoms with Gasteiger partial charge in [-0.15, -0.1) is 5.10 Å². The number of carbonyl (C=O) groups excluding carboxylic acids is 2. The molecule has 0 aromatic heterocycles. The third-order valence-corrected chi connectivity index (χ3v) is 4.04. The lowest BCUT2D eigenvalue weighted by atomic mass is 10.2. The van der Waals surface area contributed by atoms with Crippen LogP contribution in [0.5, 0.6) is 0 Å². The number of hydrogen-bond donors (Lipinski definition) is 3. The molecular formula is C15H16N4O4S. The topological polar surface area (TPSA) is 120 Å². The Morgan fingerprint density at radius 1 is 1.33 bits per heavy atom. The summed E-state index contributed by atoms with van der Waals surface area (Å²) in [4.78, 5) is 33.8. The van der Waals surface area contributed by atoms with Crippen LogP contribution >= 0.6 is 11.8 Å². The third-order valence-electron chi connectivity index (χ3n) is 2.96. The molecule has 1 aliphatic rings. The maximum Gasteiger partial charge on any atom is 0.305 e. The Labute approximate surface area is 142 Å². The molecule has 3 N–H and O–H groups in total. The summed E-state index contributed by atoms with van der Waals surface area (Å²) < 4.78 is 0. The van der Waals surface area contributed by atoms with E-state index in [1.807, 2.05) is 30.3 Å². The number of amides is 2. The Kier molecular flexibility index (Phi) is 6.50. The molecule has 0 saturated carbocycles. The van der Waals surface area contributed by atoms with Gasteiger partial charge in [-0.3, -0.25) is 14.4 Å². The molecule has 24 heavy (non-hydrogen) atoms.